The van der Waals surface area contributed by atoms with Crippen LogP contribution in [0.25, 0.3) is 0 Å². The highest BCUT2D eigenvalue weighted by Crippen LogP contribution is 2.03. The fraction of sp³-hybridized carbons (Fsp3) is 0.333. The van der Waals surface area contributed by atoms with Gasteiger partial charge in [-0.3, -0.25) is 4.98 Å². The molecule has 0 aromatic carbocycles. The van der Waals surface area contributed by atoms with E-state index >= 15 is 0 Å². The number of thiocarbonyl (C=S) groups is 1. The molecule has 0 atom stereocenters. The number of nitrogens with two attached hydrogens (primary N) is 1. The standard InChI is InChI=1S/C9H12N2S/c1-2-3-8-6-7(9(10)12)4-5-11-8/h4-6H,2-3H2,1H3,(H2,10,12)/i1D3,2D2,3D2. The number of hydrogen-bond acceptors (Lipinski definition) is 2. The van der Waals surface area contributed by atoms with Crippen LogP contribution in [-0.4, -0.2) is 9.97 Å². The van der Waals surface area contributed by atoms with Crippen LogP contribution in [0.1, 0.15) is 34.1 Å². The van der Waals surface area contributed by atoms with E-state index in [1.165, 1.54) is 12.3 Å². The van der Waals surface area contributed by atoms with Gasteiger partial charge in [0.2, 0.25) is 0 Å². The number of rotatable bonds is 3. The molecule has 0 radical (unpaired) electrons. The van der Waals surface area contributed by atoms with Gasteiger partial charge < -0.3 is 5.73 Å². The van der Waals surface area contributed by atoms with Crippen LogP contribution in [-0.2, 0) is 6.37 Å². The molecule has 1 aromatic heterocycles. The van der Waals surface area contributed by atoms with E-state index in [4.69, 9.17) is 27.5 Å². The van der Waals surface area contributed by atoms with Gasteiger partial charge in [-0.25, -0.2) is 0 Å². The SMILES string of the molecule is [2H]C([2H])([2H])C([2H])([2H])C([2H])([2H])c1cc(C(N)=S)ccn1. The fourth-order valence-electron chi connectivity index (χ4n) is 0.716. The Morgan fingerprint density at radius 2 is 2.75 bits per heavy atom. The Hall–Kier alpha value is -0.960. The van der Waals surface area contributed by atoms with Crippen molar-refractivity contribution in [2.75, 3.05) is 0 Å². The quantitative estimate of drug-likeness (QED) is 0.732. The highest BCUT2D eigenvalue weighted by molar-refractivity contribution is 7.80. The summed E-state index contributed by atoms with van der Waals surface area (Å²) in [6.07, 6.45) is -4.70. The van der Waals surface area contributed by atoms with Gasteiger partial charge >= 0.3 is 0 Å². The van der Waals surface area contributed by atoms with Gasteiger partial charge in [0.15, 0.2) is 0 Å². The summed E-state index contributed by atoms with van der Waals surface area (Å²) in [5.41, 5.74) is 5.33. The molecule has 0 amide bonds. The van der Waals surface area contributed by atoms with Crippen molar-refractivity contribution in [3.05, 3.63) is 29.6 Å². The molecule has 64 valence electrons. The van der Waals surface area contributed by atoms with E-state index in [1.54, 1.807) is 0 Å². The van der Waals surface area contributed by atoms with Gasteiger partial charge in [-0.2, -0.15) is 0 Å². The molecule has 0 unspecified atom stereocenters. The third kappa shape index (κ3) is 2.27. The van der Waals surface area contributed by atoms with Crippen LogP contribution in [0.5, 0.6) is 0 Å². The molecule has 12 heavy (non-hydrogen) atoms. The van der Waals surface area contributed by atoms with E-state index in [9.17, 15) is 0 Å². The lowest BCUT2D eigenvalue weighted by atomic mass is 10.2. The molecule has 1 aromatic rings. The van der Waals surface area contributed by atoms with E-state index in [2.05, 4.69) is 4.98 Å². The van der Waals surface area contributed by atoms with Crippen molar-refractivity contribution in [1.29, 1.82) is 0 Å². The summed E-state index contributed by atoms with van der Waals surface area (Å²) in [6.45, 7) is -3.13. The zero-order valence-corrected chi connectivity index (χ0v) is 6.98. The summed E-state index contributed by atoms with van der Waals surface area (Å²) >= 11 is 4.73. The third-order valence-electron chi connectivity index (χ3n) is 1.24. The molecule has 0 bridgehead atoms. The first-order valence-electron chi connectivity index (χ1n) is 6.67. The van der Waals surface area contributed by atoms with Crippen LogP contribution in [0.2, 0.25) is 0 Å². The van der Waals surface area contributed by atoms with Crippen LogP contribution in [0.15, 0.2) is 18.3 Å². The Kier molecular flexibility index (Phi) is 1.19. The topological polar surface area (TPSA) is 38.9 Å². The predicted octanol–water partition coefficient (Wildman–Crippen LogP) is 1.67. The minimum absolute atomic E-state index is 0.00565. The Morgan fingerprint density at radius 1 is 1.92 bits per heavy atom. The first-order chi connectivity index (χ1) is 8.41. The second-order valence-electron chi connectivity index (χ2n) is 2.04. The van der Waals surface area contributed by atoms with Gasteiger partial charge in [0.25, 0.3) is 0 Å². The molecular weight excluding hydrogens is 168 g/mol. The Balaban J connectivity index is 3.35. The summed E-state index contributed by atoms with van der Waals surface area (Å²) in [6, 6.07) is 2.60. The summed E-state index contributed by atoms with van der Waals surface area (Å²) in [5, 5.41) is 0. The van der Waals surface area contributed by atoms with Gasteiger partial charge in [0.05, 0.1) is 0 Å². The van der Waals surface area contributed by atoms with Crippen molar-refractivity contribution >= 4 is 17.2 Å². The lowest BCUT2D eigenvalue weighted by Gasteiger charge is -2.00. The minimum atomic E-state index is -3.13. The van der Waals surface area contributed by atoms with Gasteiger partial charge in [-0.05, 0) is 18.5 Å². The maximum Gasteiger partial charge on any atom is 0.104 e. The number of aryl methyl sites for hydroxylation is 1. The molecule has 0 saturated heterocycles. The molecule has 2 N–H and O–H groups in total. The molecule has 0 saturated carbocycles. The molecule has 3 heteroatoms. The first kappa shape index (κ1) is 3.42. The zero-order valence-electron chi connectivity index (χ0n) is 13.2. The Labute approximate surface area is 87.6 Å². The minimum Gasteiger partial charge on any atom is -0.389 e. The van der Waals surface area contributed by atoms with Crippen LogP contribution >= 0.6 is 12.2 Å². The molecular formula is C9H12N2S. The predicted molar refractivity (Wildman–Crippen MR) is 54.1 cm³/mol. The molecule has 0 aliphatic rings. The monoisotopic (exact) mass is 187 g/mol. The average Bonchev–Trinajstić information content (AvgIpc) is 2.27. The van der Waals surface area contributed by atoms with E-state index in [0.29, 0.717) is 5.56 Å². The van der Waals surface area contributed by atoms with Crippen molar-refractivity contribution in [1.82, 2.24) is 4.98 Å². The Bertz CT molecular complexity index is 498. The van der Waals surface area contributed by atoms with Crippen molar-refractivity contribution in [2.45, 2.75) is 19.6 Å². The van der Waals surface area contributed by atoms with Gasteiger partial charge in [0.1, 0.15) is 4.99 Å². The molecule has 0 aliphatic carbocycles. The van der Waals surface area contributed by atoms with Crippen LogP contribution in [0.3, 0.4) is 0 Å². The van der Waals surface area contributed by atoms with Gasteiger partial charge in [-0.15, -0.1) is 0 Å². The summed E-state index contributed by atoms with van der Waals surface area (Å²) in [5.74, 6) is 0. The largest absolute Gasteiger partial charge is 0.389 e. The van der Waals surface area contributed by atoms with Crippen LogP contribution < -0.4 is 5.73 Å². The fourth-order valence-corrected chi connectivity index (χ4v) is 0.843. The van der Waals surface area contributed by atoms with Crippen LogP contribution in [0, 0.1) is 0 Å². The lowest BCUT2D eigenvalue weighted by molar-refractivity contribution is 0.882. The first-order valence-corrected chi connectivity index (χ1v) is 3.58. The maximum atomic E-state index is 7.75. The van der Waals surface area contributed by atoms with Gasteiger partial charge in [0, 0.05) is 27.0 Å². The third-order valence-corrected chi connectivity index (χ3v) is 1.47. The Morgan fingerprint density at radius 3 is 3.42 bits per heavy atom. The molecule has 1 rings (SSSR count). The highest BCUT2D eigenvalue weighted by Gasteiger charge is 1.97. The van der Waals surface area contributed by atoms with Gasteiger partial charge in [-0.1, -0.05) is 25.4 Å². The van der Waals surface area contributed by atoms with Crippen molar-refractivity contribution in [3.63, 3.8) is 0 Å². The second-order valence-corrected chi connectivity index (χ2v) is 2.48. The number of nitrogens with zero attached hydrogens (tertiary/aromatic N) is 1. The van der Waals surface area contributed by atoms with Crippen molar-refractivity contribution in [3.8, 4) is 0 Å². The molecule has 0 spiro atoms. The van der Waals surface area contributed by atoms with E-state index in [1.807, 2.05) is 0 Å². The highest BCUT2D eigenvalue weighted by atomic mass is 32.1. The number of hydrogen-bond donors (Lipinski definition) is 1. The lowest BCUT2D eigenvalue weighted by Crippen LogP contribution is -2.09. The molecule has 0 aliphatic heterocycles. The molecule has 1 heterocycles. The van der Waals surface area contributed by atoms with Crippen molar-refractivity contribution in [2.24, 2.45) is 5.73 Å². The van der Waals surface area contributed by atoms with E-state index < -0.39 is 19.6 Å². The maximum absolute atomic E-state index is 7.75. The number of aromatic nitrogens is 1. The van der Waals surface area contributed by atoms with E-state index in [-0.39, 0.29) is 10.7 Å². The summed E-state index contributed by atoms with van der Waals surface area (Å²) in [7, 11) is 0. The smallest absolute Gasteiger partial charge is 0.104 e. The van der Waals surface area contributed by atoms with Crippen molar-refractivity contribution < 1.29 is 9.60 Å². The van der Waals surface area contributed by atoms with Crippen LogP contribution in [0.4, 0.5) is 0 Å². The summed E-state index contributed by atoms with van der Waals surface area (Å²) < 4.78 is 51.9. The normalized spacial score (nSPS) is 21.8. The zero-order chi connectivity index (χ0) is 15.1. The van der Waals surface area contributed by atoms with E-state index in [0.717, 1.165) is 6.07 Å². The summed E-state index contributed by atoms with van der Waals surface area (Å²) in [4.78, 5) is 3.69. The molecule has 0 fully saturated rings. The molecule has 2 nitrogen and oxygen atoms in total. The average molecular weight is 187 g/mol. The second kappa shape index (κ2) is 4.16. The number of pyridine rings is 1.